The number of hydrogen-bond donors (Lipinski definition) is 0. The standard InChI is InChI=1S/C9H14NS/c1-3-5-6-9-10-7-8(4-2)11-9/h7H,2-6H2,1H3. The Bertz CT molecular complexity index is 205. The van der Waals surface area contributed by atoms with Crippen molar-refractivity contribution in [3.8, 4) is 0 Å². The van der Waals surface area contributed by atoms with Crippen molar-refractivity contribution in [3.05, 3.63) is 23.0 Å². The zero-order valence-corrected chi connectivity index (χ0v) is 7.78. The molecule has 0 bridgehead atoms. The van der Waals surface area contributed by atoms with Gasteiger partial charge in [-0.15, -0.1) is 11.3 Å². The Morgan fingerprint density at radius 3 is 3.00 bits per heavy atom. The molecule has 0 aliphatic rings. The molecule has 1 rings (SSSR count). The third-order valence-corrected chi connectivity index (χ3v) is 2.71. The second kappa shape index (κ2) is 4.50. The van der Waals surface area contributed by atoms with Crippen molar-refractivity contribution in [1.29, 1.82) is 0 Å². The number of unbranched alkanes of at least 4 members (excludes halogenated alkanes) is 1. The summed E-state index contributed by atoms with van der Waals surface area (Å²) in [5, 5.41) is 1.27. The summed E-state index contributed by atoms with van der Waals surface area (Å²) in [6, 6.07) is 0. The van der Waals surface area contributed by atoms with E-state index in [1.807, 2.05) is 6.20 Å². The van der Waals surface area contributed by atoms with Gasteiger partial charge in [0.15, 0.2) is 0 Å². The molecular weight excluding hydrogens is 154 g/mol. The van der Waals surface area contributed by atoms with Crippen LogP contribution in [0.4, 0.5) is 0 Å². The maximum atomic E-state index is 4.30. The molecule has 61 valence electrons. The lowest BCUT2D eigenvalue weighted by atomic mass is 10.3. The van der Waals surface area contributed by atoms with Crippen LogP contribution in [-0.2, 0) is 12.8 Å². The van der Waals surface area contributed by atoms with Crippen LogP contribution in [0.1, 0.15) is 29.7 Å². The Kier molecular flexibility index (Phi) is 3.57. The molecule has 0 amide bonds. The molecule has 0 aliphatic carbocycles. The SMILES string of the molecule is [CH2]Cc1cnc(CCCC)s1. The highest BCUT2D eigenvalue weighted by molar-refractivity contribution is 7.11. The third-order valence-electron chi connectivity index (χ3n) is 1.59. The maximum absolute atomic E-state index is 4.30. The first-order chi connectivity index (χ1) is 5.36. The van der Waals surface area contributed by atoms with E-state index < -0.39 is 0 Å². The molecule has 1 nitrogen and oxygen atoms in total. The first kappa shape index (κ1) is 8.72. The number of aryl methyl sites for hydroxylation is 1. The van der Waals surface area contributed by atoms with Gasteiger partial charge in [0, 0.05) is 11.1 Å². The number of aromatic nitrogens is 1. The average Bonchev–Trinajstić information content (AvgIpc) is 2.48. The molecule has 11 heavy (non-hydrogen) atoms. The highest BCUT2D eigenvalue weighted by Gasteiger charge is 1.98. The van der Waals surface area contributed by atoms with Crippen LogP contribution in [0.15, 0.2) is 6.20 Å². The van der Waals surface area contributed by atoms with Gasteiger partial charge < -0.3 is 0 Å². The van der Waals surface area contributed by atoms with E-state index in [1.54, 1.807) is 11.3 Å². The van der Waals surface area contributed by atoms with Crippen LogP contribution in [0.25, 0.3) is 0 Å². The quantitative estimate of drug-likeness (QED) is 0.673. The number of thiazole rings is 1. The van der Waals surface area contributed by atoms with Gasteiger partial charge in [0.1, 0.15) is 0 Å². The van der Waals surface area contributed by atoms with Crippen molar-refractivity contribution in [3.63, 3.8) is 0 Å². The Morgan fingerprint density at radius 2 is 2.45 bits per heavy atom. The number of nitrogens with zero attached hydrogens (tertiary/aromatic N) is 1. The fourth-order valence-electron chi connectivity index (χ4n) is 0.907. The first-order valence-electron chi connectivity index (χ1n) is 4.09. The van der Waals surface area contributed by atoms with Gasteiger partial charge in [0.2, 0.25) is 0 Å². The molecule has 0 aromatic carbocycles. The molecule has 0 fully saturated rings. The molecule has 0 N–H and O–H groups in total. The van der Waals surface area contributed by atoms with Gasteiger partial charge in [-0.25, -0.2) is 4.98 Å². The number of rotatable bonds is 4. The van der Waals surface area contributed by atoms with E-state index in [9.17, 15) is 0 Å². The van der Waals surface area contributed by atoms with Crippen molar-refractivity contribution in [2.24, 2.45) is 0 Å². The van der Waals surface area contributed by atoms with Crippen molar-refractivity contribution in [2.45, 2.75) is 32.6 Å². The van der Waals surface area contributed by atoms with Gasteiger partial charge in [-0.2, -0.15) is 0 Å². The molecule has 0 aliphatic heterocycles. The van der Waals surface area contributed by atoms with Gasteiger partial charge >= 0.3 is 0 Å². The Labute approximate surface area is 72.5 Å². The predicted molar refractivity (Wildman–Crippen MR) is 49.8 cm³/mol. The van der Waals surface area contributed by atoms with Gasteiger partial charge in [-0.1, -0.05) is 13.3 Å². The highest BCUT2D eigenvalue weighted by atomic mass is 32.1. The minimum atomic E-state index is 0.879. The van der Waals surface area contributed by atoms with Crippen LogP contribution in [0, 0.1) is 6.92 Å². The molecule has 1 aromatic rings. The summed E-state index contributed by atoms with van der Waals surface area (Å²) in [5.74, 6) is 0. The van der Waals surface area contributed by atoms with Crippen molar-refractivity contribution < 1.29 is 0 Å². The van der Waals surface area contributed by atoms with E-state index >= 15 is 0 Å². The van der Waals surface area contributed by atoms with E-state index in [2.05, 4.69) is 18.8 Å². The molecule has 0 spiro atoms. The lowest BCUT2D eigenvalue weighted by Crippen LogP contribution is -1.80. The first-order valence-corrected chi connectivity index (χ1v) is 4.91. The molecule has 0 saturated carbocycles. The molecule has 0 saturated heterocycles. The Morgan fingerprint density at radius 1 is 1.64 bits per heavy atom. The summed E-state index contributed by atoms with van der Waals surface area (Å²) in [7, 11) is 0. The summed E-state index contributed by atoms with van der Waals surface area (Å²) in [6.45, 7) is 6.02. The molecule has 1 radical (unpaired) electrons. The predicted octanol–water partition coefficient (Wildman–Crippen LogP) is 2.86. The van der Waals surface area contributed by atoms with E-state index in [1.165, 1.54) is 22.7 Å². The molecule has 1 aromatic heterocycles. The summed E-state index contributed by atoms with van der Waals surface area (Å²) >= 11 is 1.80. The van der Waals surface area contributed by atoms with Crippen LogP contribution in [0.5, 0.6) is 0 Å². The third kappa shape index (κ3) is 2.62. The highest BCUT2D eigenvalue weighted by Crippen LogP contribution is 2.14. The van der Waals surface area contributed by atoms with Gasteiger partial charge in [0.05, 0.1) is 5.01 Å². The van der Waals surface area contributed by atoms with Gasteiger partial charge in [0.25, 0.3) is 0 Å². The summed E-state index contributed by atoms with van der Waals surface area (Å²) in [4.78, 5) is 5.61. The lowest BCUT2D eigenvalue weighted by Gasteiger charge is -1.90. The van der Waals surface area contributed by atoms with Gasteiger partial charge in [-0.3, -0.25) is 0 Å². The Hall–Kier alpha value is -0.370. The van der Waals surface area contributed by atoms with Crippen molar-refractivity contribution in [1.82, 2.24) is 4.98 Å². The average molecular weight is 168 g/mol. The second-order valence-corrected chi connectivity index (χ2v) is 3.77. The van der Waals surface area contributed by atoms with Crippen molar-refractivity contribution in [2.75, 3.05) is 0 Å². The fraction of sp³-hybridized carbons (Fsp3) is 0.556. The zero-order chi connectivity index (χ0) is 8.10. The molecule has 0 unspecified atom stereocenters. The van der Waals surface area contributed by atoms with Crippen LogP contribution < -0.4 is 0 Å². The minimum Gasteiger partial charge on any atom is -0.249 e. The van der Waals surface area contributed by atoms with Crippen LogP contribution in [-0.4, -0.2) is 4.98 Å². The monoisotopic (exact) mass is 168 g/mol. The summed E-state index contributed by atoms with van der Waals surface area (Å²) in [5.41, 5.74) is 0. The number of hydrogen-bond acceptors (Lipinski definition) is 2. The molecule has 2 heteroatoms. The summed E-state index contributed by atoms with van der Waals surface area (Å²) < 4.78 is 0. The fourth-order valence-corrected chi connectivity index (χ4v) is 1.77. The van der Waals surface area contributed by atoms with E-state index in [-0.39, 0.29) is 0 Å². The largest absolute Gasteiger partial charge is 0.249 e. The van der Waals surface area contributed by atoms with E-state index in [0.29, 0.717) is 0 Å². The molecular formula is C9H14NS. The van der Waals surface area contributed by atoms with Crippen LogP contribution in [0.3, 0.4) is 0 Å². The Balaban J connectivity index is 2.44. The van der Waals surface area contributed by atoms with E-state index in [4.69, 9.17) is 0 Å². The van der Waals surface area contributed by atoms with Crippen LogP contribution in [0.2, 0.25) is 0 Å². The minimum absolute atomic E-state index is 0.879. The molecule has 1 heterocycles. The summed E-state index contributed by atoms with van der Waals surface area (Å²) in [6.07, 6.45) is 6.47. The smallest absolute Gasteiger partial charge is 0.0927 e. The maximum Gasteiger partial charge on any atom is 0.0927 e. The molecule has 0 atom stereocenters. The topological polar surface area (TPSA) is 12.9 Å². The second-order valence-electron chi connectivity index (χ2n) is 2.57. The van der Waals surface area contributed by atoms with Crippen molar-refractivity contribution >= 4 is 11.3 Å². The van der Waals surface area contributed by atoms with Crippen LogP contribution >= 0.6 is 11.3 Å². The van der Waals surface area contributed by atoms with E-state index in [0.717, 1.165) is 12.8 Å². The normalized spacial score (nSPS) is 10.4. The lowest BCUT2D eigenvalue weighted by molar-refractivity contribution is 0.790. The van der Waals surface area contributed by atoms with Gasteiger partial charge in [-0.05, 0) is 26.2 Å². The zero-order valence-electron chi connectivity index (χ0n) is 6.97.